The van der Waals surface area contributed by atoms with Crippen molar-refractivity contribution in [2.24, 2.45) is 5.92 Å². The van der Waals surface area contributed by atoms with Crippen molar-refractivity contribution in [1.82, 2.24) is 0 Å². The number of hydrogen-bond donors (Lipinski definition) is 0. The fourth-order valence-corrected chi connectivity index (χ4v) is 10.1. The molecule has 0 fully saturated rings. The molecule has 5 aliphatic rings. The van der Waals surface area contributed by atoms with Gasteiger partial charge in [-0.25, -0.2) is 0 Å². The molecular weight excluding hydrogens is 831 g/mol. The molecule has 0 heterocycles. The molecule has 10 rings (SSSR count). The summed E-state index contributed by atoms with van der Waals surface area (Å²) in [4.78, 5) is 2.36. The summed E-state index contributed by atoms with van der Waals surface area (Å²) in [5.74, 6) is 0.602. The molecule has 2 unspecified atom stereocenters. The van der Waals surface area contributed by atoms with Gasteiger partial charge in [0.1, 0.15) is 0 Å². The summed E-state index contributed by atoms with van der Waals surface area (Å²) in [6.45, 7) is 16.5. The fourth-order valence-electron chi connectivity index (χ4n) is 10.1. The van der Waals surface area contributed by atoms with Gasteiger partial charge < -0.3 is 4.90 Å². The minimum absolute atomic E-state index is 0.279. The van der Waals surface area contributed by atoms with E-state index in [0.717, 1.165) is 25.7 Å². The van der Waals surface area contributed by atoms with E-state index in [2.05, 4.69) is 239 Å². The summed E-state index contributed by atoms with van der Waals surface area (Å²) in [5.41, 5.74) is 19.9. The van der Waals surface area contributed by atoms with Gasteiger partial charge in [-0.05, 0) is 111 Å². The van der Waals surface area contributed by atoms with Crippen molar-refractivity contribution in [1.29, 1.82) is 0 Å². The molecule has 5 aromatic rings. The second-order valence-electron chi connectivity index (χ2n) is 17.5. The number of nitrogens with zero attached hydrogens (tertiary/aromatic N) is 1. The van der Waals surface area contributed by atoms with Crippen LogP contribution in [0.2, 0.25) is 0 Å². The lowest BCUT2D eigenvalue weighted by Crippen LogP contribution is -2.25. The molecule has 348 valence electrons. The van der Waals surface area contributed by atoms with Crippen LogP contribution in [0.1, 0.15) is 106 Å². The molecule has 69 heavy (non-hydrogen) atoms. The Morgan fingerprint density at radius 1 is 0.652 bits per heavy atom. The molecule has 0 spiro atoms. The van der Waals surface area contributed by atoms with Gasteiger partial charge in [-0.15, -0.1) is 0 Å². The molecule has 1 nitrogen and oxygen atoms in total. The largest absolute Gasteiger partial charge is 0.348 e. The van der Waals surface area contributed by atoms with Gasteiger partial charge >= 0.3 is 0 Å². The summed E-state index contributed by atoms with van der Waals surface area (Å²) in [5, 5.41) is 0. The quantitative estimate of drug-likeness (QED) is 0.113. The molecule has 0 saturated carbocycles. The Morgan fingerprint density at radius 2 is 1.30 bits per heavy atom. The van der Waals surface area contributed by atoms with E-state index in [1.54, 1.807) is 0 Å². The molecule has 0 amide bonds. The highest BCUT2D eigenvalue weighted by atomic mass is 15.1. The molecule has 0 aliphatic heterocycles. The zero-order valence-corrected chi connectivity index (χ0v) is 42.1. The Kier molecular flexibility index (Phi) is 17.4. The summed E-state index contributed by atoms with van der Waals surface area (Å²) >= 11 is 0. The lowest BCUT2D eigenvalue weighted by molar-refractivity contribution is 0.672. The first-order valence-corrected chi connectivity index (χ1v) is 25.4. The Morgan fingerprint density at radius 3 is 1.96 bits per heavy atom. The summed E-state index contributed by atoms with van der Waals surface area (Å²) in [7, 11) is 2.21. The van der Waals surface area contributed by atoms with Crippen LogP contribution in [-0.2, 0) is 11.8 Å². The molecule has 0 saturated heterocycles. The van der Waals surface area contributed by atoms with Gasteiger partial charge in [-0.3, -0.25) is 0 Å². The highest BCUT2D eigenvalue weighted by Crippen LogP contribution is 2.48. The zero-order valence-electron chi connectivity index (χ0n) is 42.1. The highest BCUT2D eigenvalue weighted by molar-refractivity contribution is 5.97. The van der Waals surface area contributed by atoms with Crippen molar-refractivity contribution < 1.29 is 0 Å². The Bertz CT molecular complexity index is 2850. The third kappa shape index (κ3) is 11.1. The van der Waals surface area contributed by atoms with Gasteiger partial charge in [0, 0.05) is 42.1 Å². The maximum Gasteiger partial charge on any atom is 0.0406 e. The second kappa shape index (κ2) is 24.2. The first kappa shape index (κ1) is 49.7. The van der Waals surface area contributed by atoms with Crippen molar-refractivity contribution in [2.75, 3.05) is 11.9 Å². The number of hydrogen-bond acceptors (Lipinski definition) is 1. The van der Waals surface area contributed by atoms with E-state index in [0.29, 0.717) is 11.8 Å². The smallest absolute Gasteiger partial charge is 0.0406 e. The normalized spacial score (nSPS) is 17.1. The van der Waals surface area contributed by atoms with E-state index in [9.17, 15) is 0 Å². The molecule has 2 atom stereocenters. The van der Waals surface area contributed by atoms with E-state index in [4.69, 9.17) is 0 Å². The standard InChI is InChI=1S/C52H49N.C12H10.2C2H6/c1-5-7-8-16-34-52(3,50-25-15-14-23-46(50)38-20-12-13-21-38)41-28-31-43(36-41)53(4)42-29-26-39(27-30-42)49-35-40-22-17-24-47(40)51-44(6-2)45(32-33-48(49)51)37-18-10-9-11-19-37;1-3-7-11(8-4-1)12-9-5-2-6-10-12;2*1-2/h5,7-8,10,12-35,38,40H,1,6,9,11,36H2,2-4H3;1-10H;2*1-2H3/b8-7-,34-16?;;;. The molecular formula is C68H71N. The lowest BCUT2D eigenvalue weighted by atomic mass is 9.71. The van der Waals surface area contributed by atoms with E-state index >= 15 is 0 Å². The fraction of sp³-hybridized carbons (Fsp3) is 0.206. The van der Waals surface area contributed by atoms with Gasteiger partial charge in [0.15, 0.2) is 0 Å². The first-order valence-electron chi connectivity index (χ1n) is 25.4. The van der Waals surface area contributed by atoms with Crippen molar-refractivity contribution in [3.05, 3.63) is 287 Å². The molecule has 0 bridgehead atoms. The van der Waals surface area contributed by atoms with Gasteiger partial charge in [0.2, 0.25) is 0 Å². The van der Waals surface area contributed by atoms with Crippen molar-refractivity contribution in [2.45, 2.75) is 78.6 Å². The predicted molar refractivity (Wildman–Crippen MR) is 303 cm³/mol. The van der Waals surface area contributed by atoms with Crippen LogP contribution < -0.4 is 4.90 Å². The van der Waals surface area contributed by atoms with Crippen LogP contribution >= 0.6 is 0 Å². The third-order valence-corrected chi connectivity index (χ3v) is 13.7. The predicted octanol–water partition coefficient (Wildman–Crippen LogP) is 18.5. The van der Waals surface area contributed by atoms with E-state index in [1.165, 1.54) is 83.7 Å². The minimum atomic E-state index is -0.279. The van der Waals surface area contributed by atoms with Crippen molar-refractivity contribution in [3.63, 3.8) is 0 Å². The van der Waals surface area contributed by atoms with E-state index in [1.807, 2.05) is 52.0 Å². The molecule has 5 aliphatic carbocycles. The summed E-state index contributed by atoms with van der Waals surface area (Å²) in [6.07, 6.45) is 44.6. The Hall–Kier alpha value is -7.22. The van der Waals surface area contributed by atoms with Crippen LogP contribution in [0.15, 0.2) is 249 Å². The van der Waals surface area contributed by atoms with Gasteiger partial charge in [-0.2, -0.15) is 0 Å². The van der Waals surface area contributed by atoms with Crippen LogP contribution in [-0.4, -0.2) is 7.05 Å². The zero-order chi connectivity index (χ0) is 48.6. The van der Waals surface area contributed by atoms with Gasteiger partial charge in [0.25, 0.3) is 0 Å². The molecule has 0 radical (unpaired) electrons. The SMILES string of the molecule is C=C/C=C\C=CC(C)(C1=CC=C(N(C)c2ccc(C3=CC4C=CC=C4c4c3ccc(C3=CCCC=C3)c4CC)cc2)C1)c1ccccc1C1C=CC=C1.CC.CC.c1ccc(-c2ccccc2)cc1. The Labute approximate surface area is 415 Å². The minimum Gasteiger partial charge on any atom is -0.348 e. The number of benzene rings is 5. The number of fused-ring (bicyclic) bond motifs is 3. The highest BCUT2D eigenvalue weighted by Gasteiger charge is 2.34. The molecule has 5 aromatic carbocycles. The van der Waals surface area contributed by atoms with Crippen LogP contribution in [0, 0.1) is 5.92 Å². The topological polar surface area (TPSA) is 3.24 Å². The van der Waals surface area contributed by atoms with Crippen molar-refractivity contribution in [3.8, 4) is 11.1 Å². The summed E-state index contributed by atoms with van der Waals surface area (Å²) in [6, 6.07) is 43.7. The summed E-state index contributed by atoms with van der Waals surface area (Å²) < 4.78 is 0. The van der Waals surface area contributed by atoms with Crippen LogP contribution in [0.5, 0.6) is 0 Å². The van der Waals surface area contributed by atoms with E-state index in [-0.39, 0.29) is 5.41 Å². The average molecular weight is 902 g/mol. The van der Waals surface area contributed by atoms with Crippen LogP contribution in [0.4, 0.5) is 5.69 Å². The monoisotopic (exact) mass is 902 g/mol. The second-order valence-corrected chi connectivity index (χ2v) is 17.5. The van der Waals surface area contributed by atoms with E-state index < -0.39 is 0 Å². The van der Waals surface area contributed by atoms with Crippen LogP contribution in [0.3, 0.4) is 0 Å². The van der Waals surface area contributed by atoms with Gasteiger partial charge in [0.05, 0.1) is 0 Å². The number of rotatable bonds is 12. The first-order chi connectivity index (χ1) is 34.0. The lowest BCUT2D eigenvalue weighted by Gasteiger charge is -2.33. The number of anilines is 1. The maximum atomic E-state index is 3.86. The molecule has 0 N–H and O–H groups in total. The van der Waals surface area contributed by atoms with Crippen molar-refractivity contribution >= 4 is 22.4 Å². The molecule has 0 aromatic heterocycles. The van der Waals surface area contributed by atoms with Crippen LogP contribution in [0.25, 0.3) is 27.8 Å². The molecule has 1 heteroatoms. The Balaban J connectivity index is 0.000000376. The maximum absolute atomic E-state index is 3.86. The third-order valence-electron chi connectivity index (χ3n) is 13.7. The number of allylic oxidation sites excluding steroid dienone is 21. The average Bonchev–Trinajstić information content (AvgIpc) is 4.26. The van der Waals surface area contributed by atoms with Gasteiger partial charge in [-0.1, -0.05) is 259 Å².